The summed E-state index contributed by atoms with van der Waals surface area (Å²) < 4.78 is -1.07. The van der Waals surface area contributed by atoms with Crippen molar-refractivity contribution in [1.29, 1.82) is 0 Å². The number of anilines is 2. The maximum Gasteiger partial charge on any atom is 0.219 e. The van der Waals surface area contributed by atoms with Crippen molar-refractivity contribution in [3.63, 3.8) is 0 Å². The number of nitrogen functional groups attached to an aromatic ring is 2. The van der Waals surface area contributed by atoms with Crippen molar-refractivity contribution in [1.82, 2.24) is 4.65 Å². The lowest BCUT2D eigenvalue weighted by Crippen LogP contribution is -2.33. The molecule has 4 aromatic carbocycles. The molecule has 0 fully saturated rings. The van der Waals surface area contributed by atoms with E-state index in [9.17, 15) is 10.0 Å². The van der Waals surface area contributed by atoms with Crippen LogP contribution < -0.4 is 26.8 Å². The monoisotopic (exact) mass is 426 g/mol. The highest BCUT2D eigenvalue weighted by Gasteiger charge is 2.34. The van der Waals surface area contributed by atoms with E-state index in [1.165, 1.54) is 12.1 Å². The minimum atomic E-state index is -1.07. The van der Waals surface area contributed by atoms with Gasteiger partial charge in [-0.25, -0.2) is 0 Å². The highest BCUT2D eigenvalue weighted by molar-refractivity contribution is 6.15. The minimum Gasteiger partial charge on any atom is -0.616 e. The van der Waals surface area contributed by atoms with Crippen LogP contribution in [0.25, 0.3) is 0 Å². The number of rotatable bonds is 6. The Bertz CT molecular complexity index is 1220. The number of benzene rings is 4. The molecule has 0 saturated carbocycles. The largest absolute Gasteiger partial charge is 0.616 e. The van der Waals surface area contributed by atoms with Crippen LogP contribution in [0.3, 0.4) is 0 Å². The fourth-order valence-electron chi connectivity index (χ4n) is 3.71. The Labute approximate surface area is 185 Å². The van der Waals surface area contributed by atoms with Crippen LogP contribution in [0.2, 0.25) is 0 Å². The van der Waals surface area contributed by atoms with Crippen LogP contribution in [0.5, 0.6) is 5.75 Å². The predicted molar refractivity (Wildman–Crippen MR) is 127 cm³/mol. The van der Waals surface area contributed by atoms with E-state index in [-0.39, 0.29) is 28.3 Å². The highest BCUT2D eigenvalue weighted by Crippen LogP contribution is 2.49. The number of hydrogen-bond donors (Lipinski definition) is 3. The molecule has 32 heavy (non-hydrogen) atoms. The van der Waals surface area contributed by atoms with Crippen LogP contribution in [0.4, 0.5) is 28.4 Å². The lowest BCUT2D eigenvalue weighted by Gasteiger charge is -2.41. The van der Waals surface area contributed by atoms with Crippen LogP contribution in [-0.2, 0) is 0 Å². The summed E-state index contributed by atoms with van der Waals surface area (Å²) in [5.74, 6) is 5.11. The molecule has 7 heteroatoms. The number of carbonyl (C=O) groups excluding carboxylic acids is 1. The highest BCUT2D eigenvalue weighted by atomic mass is 16.6. The molecule has 0 atom stereocenters. The summed E-state index contributed by atoms with van der Waals surface area (Å²) in [6.07, 6.45) is 0. The van der Waals surface area contributed by atoms with Gasteiger partial charge >= 0.3 is 0 Å². The van der Waals surface area contributed by atoms with Crippen LogP contribution in [0, 0.1) is 5.21 Å². The summed E-state index contributed by atoms with van der Waals surface area (Å²) in [7, 11) is 0. The topological polar surface area (TPSA) is 127 Å². The van der Waals surface area contributed by atoms with Gasteiger partial charge in [-0.3, -0.25) is 9.44 Å². The summed E-state index contributed by atoms with van der Waals surface area (Å²) in [5.41, 5.74) is 13.8. The van der Waals surface area contributed by atoms with E-state index in [1.54, 1.807) is 72.8 Å². The van der Waals surface area contributed by atoms with Gasteiger partial charge in [-0.05, 0) is 18.2 Å². The summed E-state index contributed by atoms with van der Waals surface area (Å²) in [6.45, 7) is 0. The molecular formula is C25H22N4O3. The SMILES string of the molecule is NOc1c(C(=O)c2ccccc2N)cc(N)cc1[N+]([O-])(c1ccccc1)c1ccccc1. The van der Waals surface area contributed by atoms with Gasteiger partial charge in [0.1, 0.15) is 11.4 Å². The number of hydrogen-bond acceptors (Lipinski definition) is 6. The smallest absolute Gasteiger partial charge is 0.219 e. The molecule has 0 bridgehead atoms. The van der Waals surface area contributed by atoms with Gasteiger partial charge in [0.15, 0.2) is 11.5 Å². The molecule has 0 aliphatic carbocycles. The van der Waals surface area contributed by atoms with Crippen molar-refractivity contribution in [2.45, 2.75) is 0 Å². The summed E-state index contributed by atoms with van der Waals surface area (Å²) in [4.78, 5) is 18.5. The molecule has 0 amide bonds. The van der Waals surface area contributed by atoms with E-state index >= 15 is 0 Å². The Morgan fingerprint density at radius 1 is 0.750 bits per heavy atom. The predicted octanol–water partition coefficient (Wildman–Crippen LogP) is 4.80. The molecule has 7 nitrogen and oxygen atoms in total. The van der Waals surface area contributed by atoms with Crippen LogP contribution in [0.1, 0.15) is 15.9 Å². The van der Waals surface area contributed by atoms with Crippen molar-refractivity contribution in [3.8, 4) is 5.75 Å². The Hall–Kier alpha value is -4.17. The van der Waals surface area contributed by atoms with Gasteiger partial charge in [0.05, 0.1) is 5.56 Å². The van der Waals surface area contributed by atoms with Crippen molar-refractivity contribution < 1.29 is 9.63 Å². The van der Waals surface area contributed by atoms with Gasteiger partial charge < -0.3 is 21.5 Å². The molecule has 4 rings (SSSR count). The fourth-order valence-corrected chi connectivity index (χ4v) is 3.71. The first-order valence-corrected chi connectivity index (χ1v) is 9.88. The molecule has 0 aliphatic rings. The van der Waals surface area contributed by atoms with Crippen molar-refractivity contribution in [3.05, 3.63) is 113 Å². The zero-order valence-electron chi connectivity index (χ0n) is 17.1. The van der Waals surface area contributed by atoms with Crippen LogP contribution in [0.15, 0.2) is 97.1 Å². The quantitative estimate of drug-likeness (QED) is 0.176. The van der Waals surface area contributed by atoms with E-state index in [0.29, 0.717) is 17.1 Å². The normalized spacial score (nSPS) is 11.2. The molecular weight excluding hydrogens is 404 g/mol. The second-order valence-electron chi connectivity index (χ2n) is 7.23. The average molecular weight is 426 g/mol. The number of nitrogens with zero attached hydrogens (tertiary/aromatic N) is 1. The Kier molecular flexibility index (Phi) is 5.61. The van der Waals surface area contributed by atoms with E-state index in [2.05, 4.69) is 0 Å². The number of ketones is 1. The fraction of sp³-hybridized carbons (Fsp3) is 0. The van der Waals surface area contributed by atoms with Crippen LogP contribution in [-0.4, -0.2) is 5.78 Å². The maximum atomic E-state index is 14.6. The van der Waals surface area contributed by atoms with Gasteiger partial charge in [0.2, 0.25) is 5.75 Å². The van der Waals surface area contributed by atoms with Gasteiger partial charge in [0.25, 0.3) is 0 Å². The van der Waals surface area contributed by atoms with E-state index in [0.717, 1.165) is 0 Å². The van der Waals surface area contributed by atoms with Gasteiger partial charge in [-0.1, -0.05) is 48.5 Å². The van der Waals surface area contributed by atoms with E-state index < -0.39 is 10.4 Å². The zero-order chi connectivity index (χ0) is 22.7. The van der Waals surface area contributed by atoms with Gasteiger partial charge in [-0.15, -0.1) is 0 Å². The van der Waals surface area contributed by atoms with Gasteiger partial charge in [-0.2, -0.15) is 5.90 Å². The summed E-state index contributed by atoms with van der Waals surface area (Å²) in [6, 6.07) is 27.0. The third-order valence-electron chi connectivity index (χ3n) is 5.24. The average Bonchev–Trinajstić information content (AvgIpc) is 2.84. The Morgan fingerprint density at radius 2 is 1.28 bits per heavy atom. The zero-order valence-corrected chi connectivity index (χ0v) is 17.1. The minimum absolute atomic E-state index is 0.0469. The summed E-state index contributed by atoms with van der Waals surface area (Å²) >= 11 is 0. The first-order valence-electron chi connectivity index (χ1n) is 9.88. The first kappa shape index (κ1) is 21.1. The second kappa shape index (κ2) is 8.52. The standard InChI is InChI=1S/C25H22N4O3/c26-17-15-21(24(30)20-13-7-8-14-22(20)27)25(32-28)23(16-17)29(31,18-9-3-1-4-10-18)19-11-5-2-6-12-19/h1-16H,26-28H2. The summed E-state index contributed by atoms with van der Waals surface area (Å²) in [5, 5.41) is 14.6. The van der Waals surface area contributed by atoms with E-state index in [4.69, 9.17) is 22.2 Å². The van der Waals surface area contributed by atoms with Crippen molar-refractivity contribution >= 4 is 34.2 Å². The Morgan fingerprint density at radius 3 is 1.81 bits per heavy atom. The molecule has 0 saturated heterocycles. The lowest BCUT2D eigenvalue weighted by molar-refractivity contribution is 0.103. The number of carbonyl (C=O) groups is 1. The number of nitrogens with two attached hydrogens (primary N) is 3. The molecule has 4 aromatic rings. The third kappa shape index (κ3) is 3.57. The second-order valence-corrected chi connectivity index (χ2v) is 7.23. The Balaban J connectivity index is 2.02. The number of quaternary nitrogens is 1. The molecule has 6 N–H and O–H groups in total. The molecule has 0 radical (unpaired) electrons. The molecule has 0 spiro atoms. The van der Waals surface area contributed by atoms with Crippen LogP contribution >= 0.6 is 0 Å². The molecule has 0 heterocycles. The van der Waals surface area contributed by atoms with Crippen molar-refractivity contribution in [2.75, 3.05) is 11.5 Å². The van der Waals surface area contributed by atoms with E-state index in [1.807, 2.05) is 12.1 Å². The molecule has 160 valence electrons. The first-order chi connectivity index (χ1) is 15.5. The third-order valence-corrected chi connectivity index (χ3v) is 5.24. The molecule has 0 unspecified atom stereocenters. The molecule has 0 aliphatic heterocycles. The maximum absolute atomic E-state index is 14.6. The molecule has 0 aromatic heterocycles. The number of para-hydroxylation sites is 3. The van der Waals surface area contributed by atoms with Crippen molar-refractivity contribution in [2.24, 2.45) is 5.90 Å². The van der Waals surface area contributed by atoms with Gasteiger partial charge in [0, 0.05) is 47.3 Å². The lowest BCUT2D eigenvalue weighted by atomic mass is 9.98.